The van der Waals surface area contributed by atoms with E-state index in [4.69, 9.17) is 5.14 Å². The Morgan fingerprint density at radius 1 is 1.33 bits per heavy atom. The van der Waals surface area contributed by atoms with Crippen molar-refractivity contribution in [3.63, 3.8) is 0 Å². The Labute approximate surface area is 108 Å². The Morgan fingerprint density at radius 3 is 2.61 bits per heavy atom. The smallest absolute Gasteiger partial charge is 0.238 e. The van der Waals surface area contributed by atoms with Gasteiger partial charge in [0.1, 0.15) is 0 Å². The van der Waals surface area contributed by atoms with E-state index in [1.54, 1.807) is 12.1 Å². The summed E-state index contributed by atoms with van der Waals surface area (Å²) >= 11 is 0. The van der Waals surface area contributed by atoms with E-state index in [9.17, 15) is 8.42 Å². The molecule has 1 aromatic carbocycles. The summed E-state index contributed by atoms with van der Waals surface area (Å²) in [6.45, 7) is 2.12. The van der Waals surface area contributed by atoms with Gasteiger partial charge in [-0.2, -0.15) is 0 Å². The van der Waals surface area contributed by atoms with Crippen LogP contribution in [0, 0.1) is 0 Å². The number of hydrogen-bond donors (Lipinski definition) is 2. The summed E-state index contributed by atoms with van der Waals surface area (Å²) in [6.07, 6.45) is 2.13. The van der Waals surface area contributed by atoms with E-state index in [1.165, 1.54) is 6.07 Å². The van der Waals surface area contributed by atoms with E-state index in [0.717, 1.165) is 31.6 Å². The highest BCUT2D eigenvalue weighted by atomic mass is 32.2. The van der Waals surface area contributed by atoms with Crippen molar-refractivity contribution < 1.29 is 8.42 Å². The molecule has 100 valence electrons. The normalized spacial score (nSPS) is 18.8. The Balaban J connectivity index is 2.06. The Morgan fingerprint density at radius 2 is 2.00 bits per heavy atom. The number of hydrogen-bond acceptors (Lipinski definition) is 4. The molecular weight excluding hydrogens is 250 g/mol. The van der Waals surface area contributed by atoms with Crippen LogP contribution in [0.4, 0.5) is 5.69 Å². The van der Waals surface area contributed by atoms with Gasteiger partial charge in [0.2, 0.25) is 10.0 Å². The maximum absolute atomic E-state index is 11.3. The number of piperidine rings is 1. The lowest BCUT2D eigenvalue weighted by Gasteiger charge is -2.30. The number of sulfonamides is 1. The first-order valence-corrected chi connectivity index (χ1v) is 7.58. The summed E-state index contributed by atoms with van der Waals surface area (Å²) < 4.78 is 22.5. The summed E-state index contributed by atoms with van der Waals surface area (Å²) in [5.74, 6) is 0. The van der Waals surface area contributed by atoms with E-state index in [0.29, 0.717) is 6.04 Å². The van der Waals surface area contributed by atoms with E-state index in [2.05, 4.69) is 17.3 Å². The van der Waals surface area contributed by atoms with Crippen molar-refractivity contribution in [3.8, 4) is 0 Å². The topological polar surface area (TPSA) is 75.4 Å². The maximum Gasteiger partial charge on any atom is 0.238 e. The zero-order valence-corrected chi connectivity index (χ0v) is 11.3. The number of nitrogens with one attached hydrogen (secondary N) is 1. The number of likely N-dealkylation sites (tertiary alicyclic amines) is 1. The second-order valence-corrected chi connectivity index (χ2v) is 6.36. The fourth-order valence-electron chi connectivity index (χ4n) is 2.15. The molecule has 0 atom stereocenters. The lowest BCUT2D eigenvalue weighted by molar-refractivity contribution is 0.264. The van der Waals surface area contributed by atoms with Gasteiger partial charge in [0.25, 0.3) is 0 Å². The average Bonchev–Trinajstić information content (AvgIpc) is 2.31. The number of benzene rings is 1. The van der Waals surface area contributed by atoms with E-state index in [-0.39, 0.29) is 4.90 Å². The minimum atomic E-state index is -3.62. The highest BCUT2D eigenvalue weighted by molar-refractivity contribution is 7.89. The van der Waals surface area contributed by atoms with Gasteiger partial charge in [0.05, 0.1) is 4.90 Å². The average molecular weight is 269 g/mol. The van der Waals surface area contributed by atoms with Crippen LogP contribution in [-0.2, 0) is 10.0 Å². The number of nitrogens with zero attached hydrogens (tertiary/aromatic N) is 1. The molecule has 18 heavy (non-hydrogen) atoms. The summed E-state index contributed by atoms with van der Waals surface area (Å²) in [6, 6.07) is 7.07. The Kier molecular flexibility index (Phi) is 3.89. The van der Waals surface area contributed by atoms with Crippen molar-refractivity contribution in [1.82, 2.24) is 4.90 Å². The highest BCUT2D eigenvalue weighted by Crippen LogP contribution is 2.18. The molecular formula is C12H19N3O2S. The van der Waals surface area contributed by atoms with Crippen LogP contribution in [0.25, 0.3) is 0 Å². The molecule has 0 amide bonds. The molecule has 0 aromatic heterocycles. The molecule has 1 heterocycles. The Hall–Kier alpha value is -1.11. The van der Waals surface area contributed by atoms with Crippen LogP contribution in [0.5, 0.6) is 0 Å². The largest absolute Gasteiger partial charge is 0.382 e. The summed E-state index contributed by atoms with van der Waals surface area (Å²) in [4.78, 5) is 2.44. The zero-order valence-electron chi connectivity index (χ0n) is 10.5. The molecule has 0 unspecified atom stereocenters. The number of anilines is 1. The first-order chi connectivity index (χ1) is 8.45. The van der Waals surface area contributed by atoms with Gasteiger partial charge >= 0.3 is 0 Å². The van der Waals surface area contributed by atoms with Crippen LogP contribution >= 0.6 is 0 Å². The van der Waals surface area contributed by atoms with E-state index in [1.807, 2.05) is 6.07 Å². The first-order valence-electron chi connectivity index (χ1n) is 6.03. The predicted molar refractivity (Wildman–Crippen MR) is 72.0 cm³/mol. The fourth-order valence-corrected chi connectivity index (χ4v) is 2.71. The third kappa shape index (κ3) is 3.44. The van der Waals surface area contributed by atoms with E-state index < -0.39 is 10.0 Å². The highest BCUT2D eigenvalue weighted by Gasteiger charge is 2.16. The van der Waals surface area contributed by atoms with E-state index >= 15 is 0 Å². The van der Waals surface area contributed by atoms with Crippen LogP contribution in [0.1, 0.15) is 12.8 Å². The van der Waals surface area contributed by atoms with Gasteiger partial charge in [-0.3, -0.25) is 0 Å². The molecule has 0 spiro atoms. The van der Waals surface area contributed by atoms with Crippen molar-refractivity contribution in [2.45, 2.75) is 23.8 Å². The maximum atomic E-state index is 11.3. The molecule has 1 aliphatic rings. The van der Waals surface area contributed by atoms with Crippen molar-refractivity contribution >= 4 is 15.7 Å². The second kappa shape index (κ2) is 5.26. The van der Waals surface area contributed by atoms with Crippen LogP contribution < -0.4 is 10.5 Å². The molecule has 0 saturated carbocycles. The summed E-state index contributed by atoms with van der Waals surface area (Å²) in [7, 11) is -1.51. The standard InChI is InChI=1S/C12H19N3O2S/c1-15-7-5-10(6-8-15)14-11-3-2-4-12(9-11)18(13,16)17/h2-4,9-10,14H,5-8H2,1H3,(H2,13,16,17). The van der Waals surface area contributed by atoms with Gasteiger partial charge < -0.3 is 10.2 Å². The lowest BCUT2D eigenvalue weighted by Crippen LogP contribution is -2.36. The Bertz CT molecular complexity index is 508. The molecule has 0 radical (unpaired) electrons. The quantitative estimate of drug-likeness (QED) is 0.852. The number of nitrogens with two attached hydrogens (primary N) is 1. The van der Waals surface area contributed by atoms with Crippen LogP contribution in [0.2, 0.25) is 0 Å². The van der Waals surface area contributed by atoms with Gasteiger partial charge in [0.15, 0.2) is 0 Å². The molecule has 0 aliphatic carbocycles. The zero-order chi connectivity index (χ0) is 13.2. The molecule has 1 fully saturated rings. The van der Waals surface area contributed by atoms with Crippen molar-refractivity contribution in [2.24, 2.45) is 5.14 Å². The fraction of sp³-hybridized carbons (Fsp3) is 0.500. The van der Waals surface area contributed by atoms with Gasteiger partial charge in [-0.25, -0.2) is 13.6 Å². The molecule has 5 nitrogen and oxygen atoms in total. The van der Waals surface area contributed by atoms with Gasteiger partial charge in [-0.05, 0) is 51.2 Å². The molecule has 1 saturated heterocycles. The SMILES string of the molecule is CN1CCC(Nc2cccc(S(N)(=O)=O)c2)CC1. The molecule has 1 aromatic rings. The van der Waals surface area contributed by atoms with Crippen LogP contribution in [0.3, 0.4) is 0 Å². The summed E-state index contributed by atoms with van der Waals surface area (Å²) in [5.41, 5.74) is 0.816. The number of rotatable bonds is 3. The van der Waals surface area contributed by atoms with Crippen LogP contribution in [-0.4, -0.2) is 39.5 Å². The van der Waals surface area contributed by atoms with Gasteiger partial charge in [0, 0.05) is 11.7 Å². The third-order valence-corrected chi connectivity index (χ3v) is 4.16. The molecule has 0 bridgehead atoms. The van der Waals surface area contributed by atoms with Crippen LogP contribution in [0.15, 0.2) is 29.2 Å². The molecule has 1 aliphatic heterocycles. The second-order valence-electron chi connectivity index (χ2n) is 4.79. The van der Waals surface area contributed by atoms with Crippen molar-refractivity contribution in [1.29, 1.82) is 0 Å². The van der Waals surface area contributed by atoms with Gasteiger partial charge in [-0.15, -0.1) is 0 Å². The summed E-state index contributed by atoms with van der Waals surface area (Å²) in [5, 5.41) is 8.48. The first kappa shape index (κ1) is 13.3. The molecule has 2 rings (SSSR count). The number of primary sulfonamides is 1. The van der Waals surface area contributed by atoms with Crippen molar-refractivity contribution in [3.05, 3.63) is 24.3 Å². The molecule has 6 heteroatoms. The predicted octanol–water partition coefficient (Wildman–Crippen LogP) is 0.840. The minimum absolute atomic E-state index is 0.153. The third-order valence-electron chi connectivity index (χ3n) is 3.25. The molecule has 3 N–H and O–H groups in total. The lowest BCUT2D eigenvalue weighted by atomic mass is 10.1. The monoisotopic (exact) mass is 269 g/mol. The minimum Gasteiger partial charge on any atom is -0.382 e. The van der Waals surface area contributed by atoms with Crippen molar-refractivity contribution in [2.75, 3.05) is 25.5 Å². The van der Waals surface area contributed by atoms with Gasteiger partial charge in [-0.1, -0.05) is 6.07 Å².